The Morgan fingerprint density at radius 3 is 1.90 bits per heavy atom. The molecule has 0 atom stereocenters. The average Bonchev–Trinajstić information content (AvgIpc) is 3.10. The van der Waals surface area contributed by atoms with Crippen molar-refractivity contribution in [3.05, 3.63) is 117 Å². The fourth-order valence-corrected chi connectivity index (χ4v) is 5.48. The molecule has 3 aromatic carbocycles. The van der Waals surface area contributed by atoms with Crippen molar-refractivity contribution in [1.82, 2.24) is 7.93 Å². The van der Waals surface area contributed by atoms with Gasteiger partial charge in [-0.05, 0) is 23.3 Å². The van der Waals surface area contributed by atoms with E-state index in [1.807, 2.05) is 60.7 Å². The summed E-state index contributed by atoms with van der Waals surface area (Å²) in [5, 5.41) is 0. The van der Waals surface area contributed by atoms with E-state index < -0.39 is 15.7 Å². The fourth-order valence-electron chi connectivity index (χ4n) is 2.94. The molecule has 4 aromatic rings. The van der Waals surface area contributed by atoms with Crippen LogP contribution in [0.1, 0.15) is 11.1 Å². The molecule has 0 fully saturated rings. The summed E-state index contributed by atoms with van der Waals surface area (Å²) in [4.78, 5) is 18.1. The standard InChI is InChI=1S/C22H19N3O3S2/c26-22-24(17-19-12-6-2-7-13-19)21(23-16-18-10-4-1-5-11-18)29-25(22)30(27,28)20-14-8-3-9-15-20/h1-15H,16-17H2. The Bertz CT molecular complexity index is 1360. The number of hydrogen-bond donors (Lipinski definition) is 0. The van der Waals surface area contributed by atoms with Crippen LogP contribution >= 0.6 is 11.5 Å². The lowest BCUT2D eigenvalue weighted by atomic mass is 10.2. The Hall–Kier alpha value is -3.23. The number of aromatic nitrogens is 2. The maximum Gasteiger partial charge on any atom is 0.354 e. The van der Waals surface area contributed by atoms with E-state index in [2.05, 4.69) is 4.99 Å². The second-order valence-corrected chi connectivity index (χ2v) is 9.51. The Morgan fingerprint density at radius 2 is 1.30 bits per heavy atom. The first kappa shape index (κ1) is 20.1. The molecule has 30 heavy (non-hydrogen) atoms. The summed E-state index contributed by atoms with van der Waals surface area (Å²) in [6, 6.07) is 27.0. The molecule has 0 saturated carbocycles. The van der Waals surface area contributed by atoms with Gasteiger partial charge in [-0.2, -0.15) is 8.42 Å². The molecule has 0 aliphatic carbocycles. The summed E-state index contributed by atoms with van der Waals surface area (Å²) in [5.41, 5.74) is 1.24. The van der Waals surface area contributed by atoms with Gasteiger partial charge in [0, 0.05) is 11.5 Å². The number of benzene rings is 3. The summed E-state index contributed by atoms with van der Waals surface area (Å²) < 4.78 is 28.4. The highest BCUT2D eigenvalue weighted by atomic mass is 32.3. The third-order valence-electron chi connectivity index (χ3n) is 4.47. The van der Waals surface area contributed by atoms with Gasteiger partial charge < -0.3 is 0 Å². The molecule has 6 nitrogen and oxygen atoms in total. The average molecular weight is 438 g/mol. The molecule has 0 aliphatic rings. The molecular weight excluding hydrogens is 418 g/mol. The first-order chi connectivity index (χ1) is 14.6. The lowest BCUT2D eigenvalue weighted by molar-refractivity contribution is 0.586. The second-order valence-electron chi connectivity index (χ2n) is 6.58. The molecule has 0 radical (unpaired) electrons. The molecule has 0 unspecified atom stereocenters. The molecule has 4 rings (SSSR count). The van der Waals surface area contributed by atoms with Gasteiger partial charge >= 0.3 is 5.69 Å². The highest BCUT2D eigenvalue weighted by Gasteiger charge is 2.23. The largest absolute Gasteiger partial charge is 0.354 e. The van der Waals surface area contributed by atoms with E-state index in [0.29, 0.717) is 11.3 Å². The summed E-state index contributed by atoms with van der Waals surface area (Å²) in [6.45, 7) is 0.585. The topological polar surface area (TPSA) is 73.4 Å². The molecule has 1 heterocycles. The van der Waals surface area contributed by atoms with Crippen LogP contribution in [0, 0.1) is 0 Å². The molecule has 0 aliphatic heterocycles. The number of nitrogens with zero attached hydrogens (tertiary/aromatic N) is 3. The third kappa shape index (κ3) is 4.19. The minimum atomic E-state index is -4.00. The summed E-state index contributed by atoms with van der Waals surface area (Å²) in [7, 11) is -4.00. The van der Waals surface area contributed by atoms with Crippen LogP contribution in [0.5, 0.6) is 0 Å². The van der Waals surface area contributed by atoms with Gasteiger partial charge in [0.2, 0.25) is 4.80 Å². The quantitative estimate of drug-likeness (QED) is 0.465. The minimum Gasteiger partial charge on any atom is -0.262 e. The molecular formula is C22H19N3O3S2. The van der Waals surface area contributed by atoms with Crippen molar-refractivity contribution in [3.8, 4) is 0 Å². The first-order valence-corrected chi connectivity index (χ1v) is 11.5. The zero-order valence-electron chi connectivity index (χ0n) is 16.0. The van der Waals surface area contributed by atoms with Gasteiger partial charge in [0.15, 0.2) is 0 Å². The van der Waals surface area contributed by atoms with Gasteiger partial charge in [0.1, 0.15) is 0 Å². The molecule has 0 spiro atoms. The highest BCUT2D eigenvalue weighted by Crippen LogP contribution is 2.12. The van der Waals surface area contributed by atoms with Gasteiger partial charge in [-0.3, -0.25) is 9.56 Å². The maximum atomic E-state index is 13.1. The Labute approximate surface area is 178 Å². The zero-order valence-corrected chi connectivity index (χ0v) is 17.6. The lowest BCUT2D eigenvalue weighted by Crippen LogP contribution is -2.32. The zero-order chi connectivity index (χ0) is 21.0. The normalized spacial score (nSPS) is 12.2. The SMILES string of the molecule is O=c1n(S(=O)(=O)c2ccccc2)sc(=NCc2ccccc2)n1Cc1ccccc1. The van der Waals surface area contributed by atoms with E-state index in [9.17, 15) is 13.2 Å². The molecule has 152 valence electrons. The third-order valence-corrected chi connectivity index (χ3v) is 7.57. The highest BCUT2D eigenvalue weighted by molar-refractivity contribution is 7.91. The summed E-state index contributed by atoms with van der Waals surface area (Å²) >= 11 is 0.839. The van der Waals surface area contributed by atoms with Crippen LogP contribution in [-0.2, 0) is 23.1 Å². The van der Waals surface area contributed by atoms with Crippen molar-refractivity contribution >= 4 is 21.6 Å². The van der Waals surface area contributed by atoms with Gasteiger partial charge in [0.25, 0.3) is 10.0 Å². The molecule has 0 N–H and O–H groups in total. The van der Waals surface area contributed by atoms with Crippen LogP contribution in [0.4, 0.5) is 0 Å². The van der Waals surface area contributed by atoms with Crippen molar-refractivity contribution in [2.75, 3.05) is 0 Å². The Balaban J connectivity index is 1.84. The van der Waals surface area contributed by atoms with Gasteiger partial charge in [-0.1, -0.05) is 78.9 Å². The molecule has 0 amide bonds. The molecule has 0 saturated heterocycles. The van der Waals surface area contributed by atoms with Crippen molar-refractivity contribution in [1.29, 1.82) is 0 Å². The van der Waals surface area contributed by atoms with Crippen molar-refractivity contribution in [3.63, 3.8) is 0 Å². The van der Waals surface area contributed by atoms with Crippen molar-refractivity contribution in [2.45, 2.75) is 18.0 Å². The van der Waals surface area contributed by atoms with Crippen molar-refractivity contribution < 1.29 is 8.42 Å². The number of rotatable bonds is 6. The molecule has 1 aromatic heterocycles. The lowest BCUT2D eigenvalue weighted by Gasteiger charge is -2.03. The van der Waals surface area contributed by atoms with Crippen LogP contribution in [0.2, 0.25) is 0 Å². The van der Waals surface area contributed by atoms with E-state index >= 15 is 0 Å². The Kier molecular flexibility index (Phi) is 5.78. The monoisotopic (exact) mass is 437 g/mol. The summed E-state index contributed by atoms with van der Waals surface area (Å²) in [5.74, 6) is 0. The van der Waals surface area contributed by atoms with Crippen LogP contribution in [0.15, 0.2) is 106 Å². The van der Waals surface area contributed by atoms with Crippen LogP contribution in [0.25, 0.3) is 0 Å². The van der Waals surface area contributed by atoms with E-state index in [1.54, 1.807) is 18.2 Å². The predicted octanol–water partition coefficient (Wildman–Crippen LogP) is 3.10. The minimum absolute atomic E-state index is 0.0646. The predicted molar refractivity (Wildman–Crippen MR) is 117 cm³/mol. The fraction of sp³-hybridized carbons (Fsp3) is 0.0909. The van der Waals surface area contributed by atoms with Gasteiger partial charge in [0.05, 0.1) is 18.0 Å². The number of hydrogen-bond acceptors (Lipinski definition) is 5. The van der Waals surface area contributed by atoms with E-state index in [1.165, 1.54) is 16.7 Å². The van der Waals surface area contributed by atoms with Gasteiger partial charge in [-0.15, -0.1) is 3.36 Å². The van der Waals surface area contributed by atoms with E-state index in [4.69, 9.17) is 0 Å². The van der Waals surface area contributed by atoms with Crippen LogP contribution < -0.4 is 10.5 Å². The van der Waals surface area contributed by atoms with Crippen molar-refractivity contribution in [2.24, 2.45) is 4.99 Å². The van der Waals surface area contributed by atoms with Crippen LogP contribution in [-0.4, -0.2) is 16.3 Å². The van der Waals surface area contributed by atoms with E-state index in [0.717, 1.165) is 26.0 Å². The Morgan fingerprint density at radius 1 is 0.767 bits per heavy atom. The van der Waals surface area contributed by atoms with Crippen LogP contribution in [0.3, 0.4) is 0 Å². The summed E-state index contributed by atoms with van der Waals surface area (Å²) in [6.07, 6.45) is 0. The second kappa shape index (κ2) is 8.64. The maximum absolute atomic E-state index is 13.1. The smallest absolute Gasteiger partial charge is 0.262 e. The molecule has 0 bridgehead atoms. The van der Waals surface area contributed by atoms with E-state index in [-0.39, 0.29) is 11.4 Å². The molecule has 8 heteroatoms. The first-order valence-electron chi connectivity index (χ1n) is 9.28. The van der Waals surface area contributed by atoms with Gasteiger partial charge in [-0.25, -0.2) is 4.79 Å².